The van der Waals surface area contributed by atoms with E-state index >= 15 is 0 Å². The summed E-state index contributed by atoms with van der Waals surface area (Å²) in [6.07, 6.45) is 1.39. The molecule has 0 radical (unpaired) electrons. The summed E-state index contributed by atoms with van der Waals surface area (Å²) in [5.74, 6) is -0.133. The van der Waals surface area contributed by atoms with Crippen LogP contribution in [0.1, 0.15) is 23.9 Å². The Balaban J connectivity index is 1.90. The maximum Gasteiger partial charge on any atom is 0.243 e. The molecule has 0 unspecified atom stereocenters. The highest BCUT2D eigenvalue weighted by molar-refractivity contribution is 5.87. The first-order chi connectivity index (χ1) is 10.4. The molecule has 2 amide bonds. The second kappa shape index (κ2) is 6.37. The summed E-state index contributed by atoms with van der Waals surface area (Å²) in [6, 6.07) is 0. The molecule has 9 nitrogen and oxygen atoms in total. The third-order valence-corrected chi connectivity index (χ3v) is 3.25. The Bertz CT molecular complexity index is 701. The van der Waals surface area contributed by atoms with Crippen LogP contribution >= 0.6 is 0 Å². The Labute approximate surface area is 127 Å². The van der Waals surface area contributed by atoms with Crippen molar-refractivity contribution in [2.75, 3.05) is 5.32 Å². The Kier molecular flexibility index (Phi) is 4.54. The maximum absolute atomic E-state index is 11.9. The third kappa shape index (κ3) is 3.68. The Morgan fingerprint density at radius 1 is 1.27 bits per heavy atom. The molecule has 0 bridgehead atoms. The number of carbonyl (C=O) groups excluding carboxylic acids is 2. The summed E-state index contributed by atoms with van der Waals surface area (Å²) in [5.41, 5.74) is 2.91. The van der Waals surface area contributed by atoms with Crippen molar-refractivity contribution in [1.29, 1.82) is 0 Å². The molecule has 22 heavy (non-hydrogen) atoms. The molecule has 2 rings (SSSR count). The second-order valence-corrected chi connectivity index (χ2v) is 4.99. The van der Waals surface area contributed by atoms with Gasteiger partial charge in [-0.3, -0.25) is 14.3 Å². The molecule has 0 saturated carbocycles. The van der Waals surface area contributed by atoms with Gasteiger partial charge in [0, 0.05) is 31.8 Å². The highest BCUT2D eigenvalue weighted by Crippen LogP contribution is 2.11. The van der Waals surface area contributed by atoms with Gasteiger partial charge in [0.05, 0.1) is 11.9 Å². The second-order valence-electron chi connectivity index (χ2n) is 4.99. The molecule has 118 valence electrons. The van der Waals surface area contributed by atoms with Gasteiger partial charge in [-0.05, 0) is 13.8 Å². The fraction of sp³-hybridized carbons (Fsp3) is 0.462. The lowest BCUT2D eigenvalue weighted by Gasteiger charge is -2.05. The van der Waals surface area contributed by atoms with Crippen LogP contribution in [-0.2, 0) is 29.7 Å². The van der Waals surface area contributed by atoms with Crippen LogP contribution in [0.4, 0.5) is 5.82 Å². The quantitative estimate of drug-likeness (QED) is 0.802. The van der Waals surface area contributed by atoms with Crippen LogP contribution < -0.4 is 10.6 Å². The summed E-state index contributed by atoms with van der Waals surface area (Å²) in [4.78, 5) is 24.0. The van der Waals surface area contributed by atoms with E-state index in [0.29, 0.717) is 12.4 Å². The number of aromatic nitrogens is 5. The topological polar surface area (TPSA) is 107 Å². The van der Waals surface area contributed by atoms with Gasteiger partial charge in [0.15, 0.2) is 5.82 Å². The minimum Gasteiger partial charge on any atom is -0.350 e. The maximum atomic E-state index is 11.9. The highest BCUT2D eigenvalue weighted by atomic mass is 16.2. The van der Waals surface area contributed by atoms with Crippen molar-refractivity contribution in [1.82, 2.24) is 30.1 Å². The van der Waals surface area contributed by atoms with Crippen LogP contribution in [0.3, 0.4) is 0 Å². The Morgan fingerprint density at radius 3 is 2.59 bits per heavy atom. The number of aryl methyl sites for hydroxylation is 2. The summed E-state index contributed by atoms with van der Waals surface area (Å²) >= 11 is 0. The van der Waals surface area contributed by atoms with Crippen molar-refractivity contribution in [3.63, 3.8) is 0 Å². The SMILES string of the molecule is CC(=O)Nc1cnn(CC(=O)NCc2c(C)nn(C)c2C)n1. The van der Waals surface area contributed by atoms with E-state index in [1.807, 2.05) is 20.9 Å². The van der Waals surface area contributed by atoms with E-state index in [2.05, 4.69) is 25.9 Å². The number of carbonyl (C=O) groups is 2. The zero-order valence-corrected chi connectivity index (χ0v) is 13.0. The standard InChI is InChI=1S/C13H19N7O2/c1-8-11(9(2)19(4)17-8)5-14-13(22)7-20-15-6-12(18-20)16-10(3)21/h6H,5,7H2,1-4H3,(H,14,22)(H,16,18,21). The molecule has 2 aromatic rings. The van der Waals surface area contributed by atoms with E-state index < -0.39 is 0 Å². The largest absolute Gasteiger partial charge is 0.350 e. The lowest BCUT2D eigenvalue weighted by atomic mass is 10.2. The molecule has 0 aliphatic heterocycles. The van der Waals surface area contributed by atoms with E-state index in [1.165, 1.54) is 17.9 Å². The van der Waals surface area contributed by atoms with Gasteiger partial charge in [0.25, 0.3) is 0 Å². The number of hydrogen-bond acceptors (Lipinski definition) is 5. The molecule has 0 atom stereocenters. The summed E-state index contributed by atoms with van der Waals surface area (Å²) in [5, 5.41) is 17.5. The molecule has 9 heteroatoms. The van der Waals surface area contributed by atoms with Gasteiger partial charge in [0.2, 0.25) is 11.8 Å². The van der Waals surface area contributed by atoms with E-state index in [-0.39, 0.29) is 18.4 Å². The van der Waals surface area contributed by atoms with Gasteiger partial charge >= 0.3 is 0 Å². The summed E-state index contributed by atoms with van der Waals surface area (Å²) in [6.45, 7) is 5.63. The van der Waals surface area contributed by atoms with Gasteiger partial charge in [-0.1, -0.05) is 0 Å². The molecule has 0 fully saturated rings. The van der Waals surface area contributed by atoms with Crippen molar-refractivity contribution >= 4 is 17.6 Å². The smallest absolute Gasteiger partial charge is 0.243 e. The van der Waals surface area contributed by atoms with Crippen LogP contribution in [-0.4, -0.2) is 36.6 Å². The monoisotopic (exact) mass is 305 g/mol. The fourth-order valence-corrected chi connectivity index (χ4v) is 2.06. The van der Waals surface area contributed by atoms with E-state index in [0.717, 1.165) is 17.0 Å². The van der Waals surface area contributed by atoms with E-state index in [4.69, 9.17) is 0 Å². The van der Waals surface area contributed by atoms with Gasteiger partial charge in [0.1, 0.15) is 6.54 Å². The lowest BCUT2D eigenvalue weighted by molar-refractivity contribution is -0.122. The van der Waals surface area contributed by atoms with Crippen LogP contribution in [0.5, 0.6) is 0 Å². The summed E-state index contributed by atoms with van der Waals surface area (Å²) < 4.78 is 1.78. The predicted molar refractivity (Wildman–Crippen MR) is 78.9 cm³/mol. The first-order valence-electron chi connectivity index (χ1n) is 6.80. The lowest BCUT2D eigenvalue weighted by Crippen LogP contribution is -2.28. The van der Waals surface area contributed by atoms with Crippen LogP contribution in [0.15, 0.2) is 6.20 Å². The first kappa shape index (κ1) is 15.7. The Hall–Kier alpha value is -2.71. The molecule has 2 N–H and O–H groups in total. The molecule has 0 spiro atoms. The van der Waals surface area contributed by atoms with E-state index in [9.17, 15) is 9.59 Å². The van der Waals surface area contributed by atoms with Crippen LogP contribution in [0, 0.1) is 13.8 Å². The molecular weight excluding hydrogens is 286 g/mol. The molecule has 0 aliphatic rings. The number of nitrogens with zero attached hydrogens (tertiary/aromatic N) is 5. The number of nitrogens with one attached hydrogen (secondary N) is 2. The predicted octanol–water partition coefficient (Wildman–Crippen LogP) is -0.0968. The molecule has 0 saturated heterocycles. The number of amides is 2. The number of anilines is 1. The van der Waals surface area contributed by atoms with Gasteiger partial charge in [-0.25, -0.2) is 0 Å². The Morgan fingerprint density at radius 2 is 2.00 bits per heavy atom. The summed E-state index contributed by atoms with van der Waals surface area (Å²) in [7, 11) is 1.87. The van der Waals surface area contributed by atoms with Crippen molar-refractivity contribution in [2.45, 2.75) is 33.9 Å². The average molecular weight is 305 g/mol. The van der Waals surface area contributed by atoms with Gasteiger partial charge in [-0.2, -0.15) is 15.0 Å². The zero-order valence-electron chi connectivity index (χ0n) is 13.0. The molecule has 2 heterocycles. The van der Waals surface area contributed by atoms with Crippen molar-refractivity contribution < 1.29 is 9.59 Å². The normalized spacial score (nSPS) is 10.5. The fourth-order valence-electron chi connectivity index (χ4n) is 2.06. The third-order valence-electron chi connectivity index (χ3n) is 3.25. The van der Waals surface area contributed by atoms with E-state index in [1.54, 1.807) is 4.68 Å². The van der Waals surface area contributed by atoms with Crippen LogP contribution in [0.2, 0.25) is 0 Å². The number of hydrogen-bond donors (Lipinski definition) is 2. The molecular formula is C13H19N7O2. The zero-order chi connectivity index (χ0) is 16.3. The number of rotatable bonds is 5. The van der Waals surface area contributed by atoms with Gasteiger partial charge < -0.3 is 10.6 Å². The molecule has 0 aliphatic carbocycles. The minimum absolute atomic E-state index is 0.0159. The molecule has 0 aromatic carbocycles. The first-order valence-corrected chi connectivity index (χ1v) is 6.80. The van der Waals surface area contributed by atoms with Crippen molar-refractivity contribution in [3.05, 3.63) is 23.1 Å². The minimum atomic E-state index is -0.237. The van der Waals surface area contributed by atoms with Gasteiger partial charge in [-0.15, -0.1) is 5.10 Å². The van der Waals surface area contributed by atoms with Crippen molar-refractivity contribution in [2.24, 2.45) is 7.05 Å². The molecule has 2 aromatic heterocycles. The highest BCUT2D eigenvalue weighted by Gasteiger charge is 2.11. The van der Waals surface area contributed by atoms with Crippen LogP contribution in [0.25, 0.3) is 0 Å². The average Bonchev–Trinajstić information content (AvgIpc) is 2.93. The van der Waals surface area contributed by atoms with Crippen molar-refractivity contribution in [3.8, 4) is 0 Å².